The molecule has 4 heteroatoms. The first-order valence-electron chi connectivity index (χ1n) is 7.71. The van der Waals surface area contributed by atoms with Crippen molar-refractivity contribution in [3.05, 3.63) is 59.1 Å². The molecule has 2 aromatic rings. The molecular weight excluding hydrogens is 296 g/mol. The van der Waals surface area contributed by atoms with E-state index in [4.69, 9.17) is 16.3 Å². The molecule has 2 aromatic carbocycles. The third-order valence-electron chi connectivity index (χ3n) is 4.28. The van der Waals surface area contributed by atoms with Crippen LogP contribution >= 0.6 is 11.6 Å². The zero-order chi connectivity index (χ0) is 15.4. The fraction of sp³-hybridized carbons (Fsp3) is 0.333. The Morgan fingerprint density at radius 1 is 1.00 bits per heavy atom. The lowest BCUT2D eigenvalue weighted by atomic mass is 10.2. The molecule has 1 saturated heterocycles. The second kappa shape index (κ2) is 7.03. The topological polar surface area (TPSA) is 16.9 Å². The number of anilines is 1. The standard InChI is InChI=1S/C18H21ClN2O/c1-22-18-8-2-15(3-9-18)14-20-10-12-21(13-11-20)17-6-4-16(19)5-7-17/h2-9H,10-14H2,1H3/p+1. The molecule has 3 nitrogen and oxygen atoms in total. The lowest BCUT2D eigenvalue weighted by molar-refractivity contribution is -0.914. The minimum atomic E-state index is 0.799. The highest BCUT2D eigenvalue weighted by Gasteiger charge is 2.20. The number of hydrogen-bond acceptors (Lipinski definition) is 2. The minimum Gasteiger partial charge on any atom is -0.497 e. The highest BCUT2D eigenvalue weighted by molar-refractivity contribution is 6.30. The van der Waals surface area contributed by atoms with Crippen molar-refractivity contribution in [3.8, 4) is 5.75 Å². The van der Waals surface area contributed by atoms with Gasteiger partial charge in [0, 0.05) is 16.3 Å². The fourth-order valence-corrected chi connectivity index (χ4v) is 3.07. The molecule has 1 aliphatic heterocycles. The number of methoxy groups -OCH3 is 1. The van der Waals surface area contributed by atoms with E-state index < -0.39 is 0 Å². The number of halogens is 1. The summed E-state index contributed by atoms with van der Waals surface area (Å²) in [7, 11) is 1.70. The monoisotopic (exact) mass is 317 g/mol. The Bertz CT molecular complexity index is 589. The van der Waals surface area contributed by atoms with Crippen molar-refractivity contribution in [2.45, 2.75) is 6.54 Å². The normalized spacial score (nSPS) is 15.8. The van der Waals surface area contributed by atoms with Gasteiger partial charge < -0.3 is 14.5 Å². The zero-order valence-corrected chi connectivity index (χ0v) is 13.6. The summed E-state index contributed by atoms with van der Waals surface area (Å²) in [4.78, 5) is 4.07. The van der Waals surface area contributed by atoms with E-state index >= 15 is 0 Å². The van der Waals surface area contributed by atoms with Gasteiger partial charge in [-0.15, -0.1) is 0 Å². The summed E-state index contributed by atoms with van der Waals surface area (Å²) in [5.74, 6) is 0.923. The van der Waals surface area contributed by atoms with E-state index in [9.17, 15) is 0 Å². The molecule has 1 heterocycles. The van der Waals surface area contributed by atoms with Crippen molar-refractivity contribution < 1.29 is 9.64 Å². The number of ether oxygens (including phenoxy) is 1. The van der Waals surface area contributed by atoms with Gasteiger partial charge in [-0.3, -0.25) is 0 Å². The van der Waals surface area contributed by atoms with Crippen LogP contribution in [0.4, 0.5) is 5.69 Å². The van der Waals surface area contributed by atoms with Crippen molar-refractivity contribution in [1.29, 1.82) is 0 Å². The van der Waals surface area contributed by atoms with Crippen molar-refractivity contribution >= 4 is 17.3 Å². The summed E-state index contributed by atoms with van der Waals surface area (Å²) in [5.41, 5.74) is 2.64. The molecule has 116 valence electrons. The van der Waals surface area contributed by atoms with E-state index in [0.29, 0.717) is 0 Å². The van der Waals surface area contributed by atoms with Crippen LogP contribution in [0.15, 0.2) is 48.5 Å². The number of nitrogens with zero attached hydrogens (tertiary/aromatic N) is 1. The summed E-state index contributed by atoms with van der Waals surface area (Å²) in [6.45, 7) is 5.59. The third kappa shape index (κ3) is 3.73. The van der Waals surface area contributed by atoms with Crippen LogP contribution in [0, 0.1) is 0 Å². The second-order valence-corrected chi connectivity index (χ2v) is 6.17. The zero-order valence-electron chi connectivity index (χ0n) is 12.9. The molecule has 3 rings (SSSR count). The predicted octanol–water partition coefficient (Wildman–Crippen LogP) is 2.25. The van der Waals surface area contributed by atoms with Gasteiger partial charge in [0.2, 0.25) is 0 Å². The van der Waals surface area contributed by atoms with Crippen LogP contribution in [0.3, 0.4) is 0 Å². The van der Waals surface area contributed by atoms with Crippen molar-refractivity contribution in [2.24, 2.45) is 0 Å². The molecule has 0 atom stereocenters. The van der Waals surface area contributed by atoms with Gasteiger partial charge in [0.05, 0.1) is 33.3 Å². The maximum atomic E-state index is 5.95. The largest absolute Gasteiger partial charge is 0.497 e. The van der Waals surface area contributed by atoms with E-state index in [0.717, 1.165) is 43.5 Å². The van der Waals surface area contributed by atoms with Gasteiger partial charge in [0.15, 0.2) is 0 Å². The number of piperazine rings is 1. The summed E-state index contributed by atoms with van der Waals surface area (Å²) in [6, 6.07) is 16.6. The molecule has 0 radical (unpaired) electrons. The fourth-order valence-electron chi connectivity index (χ4n) is 2.94. The number of hydrogen-bond donors (Lipinski definition) is 1. The number of quaternary nitrogens is 1. The van der Waals surface area contributed by atoms with E-state index in [1.807, 2.05) is 24.3 Å². The lowest BCUT2D eigenvalue weighted by Gasteiger charge is -2.33. The number of benzene rings is 2. The quantitative estimate of drug-likeness (QED) is 0.931. The van der Waals surface area contributed by atoms with Crippen molar-refractivity contribution in [3.63, 3.8) is 0 Å². The van der Waals surface area contributed by atoms with Gasteiger partial charge in [0.25, 0.3) is 0 Å². The molecular formula is C18H22ClN2O+. The molecule has 22 heavy (non-hydrogen) atoms. The van der Waals surface area contributed by atoms with E-state index in [1.165, 1.54) is 11.3 Å². The molecule has 0 bridgehead atoms. The Morgan fingerprint density at radius 2 is 1.64 bits per heavy atom. The summed E-state index contributed by atoms with van der Waals surface area (Å²) in [5, 5.41) is 0.799. The third-order valence-corrected chi connectivity index (χ3v) is 4.53. The smallest absolute Gasteiger partial charge is 0.118 e. The van der Waals surface area contributed by atoms with Gasteiger partial charge in [-0.05, 0) is 48.5 Å². The lowest BCUT2D eigenvalue weighted by Crippen LogP contribution is -3.13. The maximum Gasteiger partial charge on any atom is 0.118 e. The van der Waals surface area contributed by atoms with E-state index in [2.05, 4.69) is 29.2 Å². The molecule has 0 spiro atoms. The number of nitrogens with one attached hydrogen (secondary N) is 1. The van der Waals surface area contributed by atoms with E-state index in [-0.39, 0.29) is 0 Å². The molecule has 1 N–H and O–H groups in total. The molecule has 0 aromatic heterocycles. The first kappa shape index (κ1) is 15.2. The first-order chi connectivity index (χ1) is 10.7. The summed E-state index contributed by atoms with van der Waals surface area (Å²) < 4.78 is 5.21. The number of rotatable bonds is 4. The Hall–Kier alpha value is -1.71. The van der Waals surface area contributed by atoms with Crippen LogP contribution in [0.1, 0.15) is 5.56 Å². The van der Waals surface area contributed by atoms with Crippen LogP contribution in [-0.2, 0) is 6.54 Å². The SMILES string of the molecule is COc1ccc(C[NH+]2CCN(c3ccc(Cl)cc3)CC2)cc1. The van der Waals surface area contributed by atoms with Gasteiger partial charge >= 0.3 is 0 Å². The summed E-state index contributed by atoms with van der Waals surface area (Å²) >= 11 is 5.95. The van der Waals surface area contributed by atoms with Gasteiger partial charge in [0.1, 0.15) is 12.3 Å². The van der Waals surface area contributed by atoms with Gasteiger partial charge in [-0.25, -0.2) is 0 Å². The molecule has 0 amide bonds. The van der Waals surface area contributed by atoms with Crippen LogP contribution in [0.25, 0.3) is 0 Å². The summed E-state index contributed by atoms with van der Waals surface area (Å²) in [6.07, 6.45) is 0. The molecule has 0 saturated carbocycles. The predicted molar refractivity (Wildman–Crippen MR) is 91.1 cm³/mol. The molecule has 1 fully saturated rings. The average molecular weight is 318 g/mol. The molecule has 0 unspecified atom stereocenters. The highest BCUT2D eigenvalue weighted by atomic mass is 35.5. The molecule has 1 aliphatic rings. The van der Waals surface area contributed by atoms with Crippen LogP contribution < -0.4 is 14.5 Å². The van der Waals surface area contributed by atoms with Gasteiger partial charge in [-0.2, -0.15) is 0 Å². The van der Waals surface area contributed by atoms with Crippen LogP contribution in [0.5, 0.6) is 5.75 Å². The van der Waals surface area contributed by atoms with Gasteiger partial charge in [-0.1, -0.05) is 11.6 Å². The van der Waals surface area contributed by atoms with Crippen LogP contribution in [0.2, 0.25) is 5.02 Å². The van der Waals surface area contributed by atoms with Crippen molar-refractivity contribution in [1.82, 2.24) is 0 Å². The Kier molecular flexibility index (Phi) is 4.86. The minimum absolute atomic E-state index is 0.799. The first-order valence-corrected chi connectivity index (χ1v) is 8.09. The maximum absolute atomic E-state index is 5.95. The second-order valence-electron chi connectivity index (χ2n) is 5.74. The average Bonchev–Trinajstić information content (AvgIpc) is 2.57. The Labute approximate surface area is 137 Å². The van der Waals surface area contributed by atoms with Crippen LogP contribution in [-0.4, -0.2) is 33.3 Å². The molecule has 0 aliphatic carbocycles. The highest BCUT2D eigenvalue weighted by Crippen LogP contribution is 2.17. The van der Waals surface area contributed by atoms with E-state index in [1.54, 1.807) is 12.0 Å². The Balaban J connectivity index is 1.53. The van der Waals surface area contributed by atoms with Crippen molar-refractivity contribution in [2.75, 3.05) is 38.2 Å². The Morgan fingerprint density at radius 3 is 2.23 bits per heavy atom.